The van der Waals surface area contributed by atoms with Gasteiger partial charge in [0.2, 0.25) is 0 Å². The zero-order chi connectivity index (χ0) is 12.2. The van der Waals surface area contributed by atoms with Crippen LogP contribution in [0.5, 0.6) is 5.75 Å². The molecule has 2 heteroatoms. The Balaban J connectivity index is 2.71. The summed E-state index contributed by atoms with van der Waals surface area (Å²) in [4.78, 5) is 0. The Labute approximate surface area is 99.0 Å². The van der Waals surface area contributed by atoms with Gasteiger partial charge in [-0.05, 0) is 31.4 Å². The molecule has 0 aliphatic heterocycles. The van der Waals surface area contributed by atoms with Gasteiger partial charge in [-0.25, -0.2) is 0 Å². The van der Waals surface area contributed by atoms with Crippen molar-refractivity contribution in [3.63, 3.8) is 0 Å². The molecular formula is C14H23NO. The van der Waals surface area contributed by atoms with Gasteiger partial charge in [-0.15, -0.1) is 0 Å². The second-order valence-corrected chi connectivity index (χ2v) is 5.58. The van der Waals surface area contributed by atoms with E-state index >= 15 is 0 Å². The van der Waals surface area contributed by atoms with E-state index in [0.29, 0.717) is 0 Å². The molecule has 1 aromatic rings. The van der Waals surface area contributed by atoms with Crippen molar-refractivity contribution in [2.75, 3.05) is 11.9 Å². The van der Waals surface area contributed by atoms with Crippen LogP contribution < -0.4 is 10.1 Å². The van der Waals surface area contributed by atoms with Crippen LogP contribution in [0.25, 0.3) is 0 Å². The van der Waals surface area contributed by atoms with E-state index in [0.717, 1.165) is 18.0 Å². The molecule has 0 radical (unpaired) electrons. The van der Waals surface area contributed by atoms with Crippen LogP contribution >= 0.6 is 0 Å². The van der Waals surface area contributed by atoms with Crippen LogP contribution in [0.3, 0.4) is 0 Å². The van der Waals surface area contributed by atoms with Gasteiger partial charge >= 0.3 is 0 Å². The lowest BCUT2D eigenvalue weighted by Gasteiger charge is -2.21. The van der Waals surface area contributed by atoms with Crippen molar-refractivity contribution in [1.82, 2.24) is 0 Å². The number of hydrogen-bond donors (Lipinski definition) is 1. The Morgan fingerprint density at radius 1 is 1.19 bits per heavy atom. The SMILES string of the molecule is CC(C)Oc1ccccc1NCC(C)(C)C. The van der Waals surface area contributed by atoms with Crippen molar-refractivity contribution in [3.05, 3.63) is 24.3 Å². The van der Waals surface area contributed by atoms with Crippen LogP contribution in [0.1, 0.15) is 34.6 Å². The Morgan fingerprint density at radius 2 is 1.81 bits per heavy atom. The number of rotatable bonds is 4. The number of para-hydroxylation sites is 2. The first-order valence-corrected chi connectivity index (χ1v) is 5.88. The molecule has 0 saturated heterocycles. The lowest BCUT2D eigenvalue weighted by molar-refractivity contribution is 0.243. The lowest BCUT2D eigenvalue weighted by atomic mass is 9.97. The van der Waals surface area contributed by atoms with E-state index < -0.39 is 0 Å². The molecule has 0 bridgehead atoms. The largest absolute Gasteiger partial charge is 0.489 e. The van der Waals surface area contributed by atoms with E-state index in [1.807, 2.05) is 32.0 Å². The summed E-state index contributed by atoms with van der Waals surface area (Å²) in [6, 6.07) is 8.09. The van der Waals surface area contributed by atoms with Gasteiger partial charge in [0.1, 0.15) is 5.75 Å². The topological polar surface area (TPSA) is 21.3 Å². The summed E-state index contributed by atoms with van der Waals surface area (Å²) in [5.74, 6) is 0.932. The highest BCUT2D eigenvalue weighted by atomic mass is 16.5. The highest BCUT2D eigenvalue weighted by Crippen LogP contribution is 2.26. The molecule has 0 fully saturated rings. The van der Waals surface area contributed by atoms with Crippen molar-refractivity contribution < 1.29 is 4.74 Å². The summed E-state index contributed by atoms with van der Waals surface area (Å²) in [5, 5.41) is 3.43. The summed E-state index contributed by atoms with van der Waals surface area (Å²) >= 11 is 0. The third kappa shape index (κ3) is 4.56. The van der Waals surface area contributed by atoms with Crippen molar-refractivity contribution in [2.24, 2.45) is 5.41 Å². The molecule has 1 N–H and O–H groups in total. The van der Waals surface area contributed by atoms with Crippen LogP contribution in [0.4, 0.5) is 5.69 Å². The second-order valence-electron chi connectivity index (χ2n) is 5.58. The molecule has 0 aliphatic rings. The van der Waals surface area contributed by atoms with E-state index in [-0.39, 0.29) is 11.5 Å². The van der Waals surface area contributed by atoms with Crippen molar-refractivity contribution >= 4 is 5.69 Å². The summed E-state index contributed by atoms with van der Waals surface area (Å²) in [7, 11) is 0. The molecular weight excluding hydrogens is 198 g/mol. The second kappa shape index (κ2) is 5.24. The fourth-order valence-electron chi connectivity index (χ4n) is 1.33. The maximum Gasteiger partial charge on any atom is 0.142 e. The van der Waals surface area contributed by atoms with Gasteiger partial charge in [-0.1, -0.05) is 32.9 Å². The van der Waals surface area contributed by atoms with E-state index in [2.05, 4.69) is 32.2 Å². The molecule has 0 aromatic heterocycles. The first kappa shape index (κ1) is 12.9. The highest BCUT2D eigenvalue weighted by Gasteiger charge is 2.11. The minimum atomic E-state index is 0.206. The van der Waals surface area contributed by atoms with Crippen molar-refractivity contribution in [2.45, 2.75) is 40.7 Å². The Hall–Kier alpha value is -1.18. The monoisotopic (exact) mass is 221 g/mol. The van der Waals surface area contributed by atoms with Gasteiger partial charge in [0.05, 0.1) is 11.8 Å². The number of nitrogens with one attached hydrogen (secondary N) is 1. The summed E-state index contributed by atoms with van der Waals surface area (Å²) < 4.78 is 5.75. The Kier molecular flexibility index (Phi) is 4.22. The van der Waals surface area contributed by atoms with Crippen molar-refractivity contribution in [1.29, 1.82) is 0 Å². The number of anilines is 1. The minimum Gasteiger partial charge on any atom is -0.489 e. The average molecular weight is 221 g/mol. The quantitative estimate of drug-likeness (QED) is 0.831. The van der Waals surface area contributed by atoms with Gasteiger partial charge in [-0.2, -0.15) is 0 Å². The molecule has 0 saturated carbocycles. The Morgan fingerprint density at radius 3 is 2.38 bits per heavy atom. The maximum absolute atomic E-state index is 5.75. The minimum absolute atomic E-state index is 0.206. The smallest absolute Gasteiger partial charge is 0.142 e. The van der Waals surface area contributed by atoms with Crippen LogP contribution in [0.2, 0.25) is 0 Å². The fourth-order valence-corrected chi connectivity index (χ4v) is 1.33. The molecule has 0 unspecified atom stereocenters. The Bertz CT molecular complexity index is 326. The summed E-state index contributed by atoms with van der Waals surface area (Å²) in [6.45, 7) is 11.7. The highest BCUT2D eigenvalue weighted by molar-refractivity contribution is 5.56. The molecule has 0 spiro atoms. The number of hydrogen-bond acceptors (Lipinski definition) is 2. The maximum atomic E-state index is 5.75. The molecule has 0 heterocycles. The third-order valence-corrected chi connectivity index (χ3v) is 2.06. The molecule has 16 heavy (non-hydrogen) atoms. The van der Waals surface area contributed by atoms with Crippen molar-refractivity contribution in [3.8, 4) is 5.75 Å². The van der Waals surface area contributed by atoms with E-state index in [1.54, 1.807) is 0 Å². The summed E-state index contributed by atoms with van der Waals surface area (Å²) in [5.41, 5.74) is 1.34. The van der Waals surface area contributed by atoms with Gasteiger partial charge < -0.3 is 10.1 Å². The molecule has 0 atom stereocenters. The molecule has 1 rings (SSSR count). The fraction of sp³-hybridized carbons (Fsp3) is 0.571. The number of ether oxygens (including phenoxy) is 1. The van der Waals surface area contributed by atoms with E-state index in [1.165, 1.54) is 0 Å². The first-order valence-electron chi connectivity index (χ1n) is 5.88. The molecule has 2 nitrogen and oxygen atoms in total. The molecule has 0 amide bonds. The average Bonchev–Trinajstić information content (AvgIpc) is 2.14. The first-order chi connectivity index (χ1) is 7.38. The van der Waals surface area contributed by atoms with E-state index in [4.69, 9.17) is 4.74 Å². The standard InChI is InChI=1S/C14H23NO/c1-11(2)16-13-9-7-6-8-12(13)15-10-14(3,4)5/h6-9,11,15H,10H2,1-5H3. The zero-order valence-corrected chi connectivity index (χ0v) is 11.0. The molecule has 0 aliphatic carbocycles. The summed E-state index contributed by atoms with van der Waals surface area (Å²) in [6.07, 6.45) is 0.206. The van der Waals surface area contributed by atoms with Crippen LogP contribution in [0, 0.1) is 5.41 Å². The van der Waals surface area contributed by atoms with Gasteiger partial charge in [0, 0.05) is 6.54 Å². The lowest BCUT2D eigenvalue weighted by Crippen LogP contribution is -2.19. The zero-order valence-electron chi connectivity index (χ0n) is 11.0. The molecule has 1 aromatic carbocycles. The van der Waals surface area contributed by atoms with Gasteiger partial charge in [0.25, 0.3) is 0 Å². The third-order valence-electron chi connectivity index (χ3n) is 2.06. The predicted molar refractivity (Wildman–Crippen MR) is 70.2 cm³/mol. The van der Waals surface area contributed by atoms with E-state index in [9.17, 15) is 0 Å². The number of benzene rings is 1. The molecule has 90 valence electrons. The van der Waals surface area contributed by atoms with Crippen LogP contribution in [0.15, 0.2) is 24.3 Å². The predicted octanol–water partition coefficient (Wildman–Crippen LogP) is 3.93. The van der Waals surface area contributed by atoms with Gasteiger partial charge in [-0.3, -0.25) is 0 Å². The van der Waals surface area contributed by atoms with Crippen LogP contribution in [-0.4, -0.2) is 12.6 Å². The van der Waals surface area contributed by atoms with Crippen LogP contribution in [-0.2, 0) is 0 Å². The normalized spacial score (nSPS) is 11.6. The van der Waals surface area contributed by atoms with Gasteiger partial charge in [0.15, 0.2) is 0 Å².